The molecule has 7 heteroatoms. The number of hydrogen-bond acceptors (Lipinski definition) is 2. The molecule has 2 aromatic heterocycles. The molecule has 0 saturated carbocycles. The molecule has 4 rings (SSSR count). The number of hydrogen-bond donors (Lipinski definition) is 1. The summed E-state index contributed by atoms with van der Waals surface area (Å²) >= 11 is 1.43. The minimum absolute atomic E-state index is 0.00999. The Kier molecular flexibility index (Phi) is 4.50. The summed E-state index contributed by atoms with van der Waals surface area (Å²) in [6, 6.07) is 15.1. The van der Waals surface area contributed by atoms with Crippen molar-refractivity contribution in [3.05, 3.63) is 77.1 Å². The van der Waals surface area contributed by atoms with Crippen molar-refractivity contribution in [1.82, 2.24) is 4.57 Å². The number of aromatic nitrogens is 1. The summed E-state index contributed by atoms with van der Waals surface area (Å²) in [7, 11) is 0. The van der Waals surface area contributed by atoms with Crippen LogP contribution in [0.25, 0.3) is 26.2 Å². The molecule has 0 atom stereocenters. The van der Waals surface area contributed by atoms with Crippen LogP contribution in [0.5, 0.6) is 0 Å². The van der Waals surface area contributed by atoms with Crippen molar-refractivity contribution in [2.45, 2.75) is 20.0 Å². The van der Waals surface area contributed by atoms with Crippen molar-refractivity contribution >= 4 is 27.4 Å². The van der Waals surface area contributed by atoms with E-state index in [9.17, 15) is 23.1 Å². The molecule has 2 heterocycles. The number of halogens is 3. The third-order valence-electron chi connectivity index (χ3n) is 4.91. The Labute approximate surface area is 168 Å². The topological polar surface area (TPSA) is 42.2 Å². The Balaban J connectivity index is 1.92. The van der Waals surface area contributed by atoms with E-state index in [1.165, 1.54) is 35.0 Å². The van der Waals surface area contributed by atoms with Gasteiger partial charge in [0.1, 0.15) is 0 Å². The molecule has 0 aliphatic carbocycles. The van der Waals surface area contributed by atoms with Gasteiger partial charge in [-0.2, -0.15) is 13.2 Å². The van der Waals surface area contributed by atoms with E-state index in [4.69, 9.17) is 0 Å². The molecule has 0 radical (unpaired) electrons. The zero-order valence-electron chi connectivity index (χ0n) is 15.5. The van der Waals surface area contributed by atoms with Gasteiger partial charge in [0.05, 0.1) is 16.8 Å². The lowest BCUT2D eigenvalue weighted by Gasteiger charge is -2.18. The van der Waals surface area contributed by atoms with Crippen LogP contribution in [-0.2, 0) is 6.18 Å². The molecule has 4 aromatic rings. The maximum absolute atomic E-state index is 13.9. The fraction of sp³-hybridized carbons (Fsp3) is 0.136. The molecule has 0 amide bonds. The predicted molar refractivity (Wildman–Crippen MR) is 108 cm³/mol. The van der Waals surface area contributed by atoms with Crippen molar-refractivity contribution in [1.29, 1.82) is 0 Å². The van der Waals surface area contributed by atoms with Crippen LogP contribution in [-0.4, -0.2) is 15.6 Å². The molecule has 3 nitrogen and oxygen atoms in total. The summed E-state index contributed by atoms with van der Waals surface area (Å²) in [6.07, 6.45) is -4.59. The molecular formula is C22H16F3NO2S. The highest BCUT2D eigenvalue weighted by Gasteiger charge is 2.35. The molecule has 0 fully saturated rings. The lowest BCUT2D eigenvalue weighted by Crippen LogP contribution is -2.13. The molecule has 0 unspecified atom stereocenters. The number of nitrogens with zero attached hydrogens (tertiary/aromatic N) is 1. The molecule has 0 spiro atoms. The van der Waals surface area contributed by atoms with E-state index in [2.05, 4.69) is 0 Å². The largest absolute Gasteiger partial charge is 0.478 e. The first kappa shape index (κ1) is 19.3. The Hall–Kier alpha value is -3.06. The standard InChI is InChI=1S/C22H16F3NO2S/c1-12-9-16(21(27)28)13(2)26(12)18-8-7-15(10-17(18)22(23,24)25)20-11-14-5-3-4-6-19(14)29-20/h3-11H,1-2H3,(H,27,28). The molecule has 0 aliphatic rings. The van der Waals surface area contributed by atoms with E-state index >= 15 is 0 Å². The van der Waals surface area contributed by atoms with Gasteiger partial charge in [0.2, 0.25) is 0 Å². The van der Waals surface area contributed by atoms with Crippen molar-refractivity contribution in [2.75, 3.05) is 0 Å². The molecule has 0 aliphatic heterocycles. The zero-order chi connectivity index (χ0) is 20.9. The fourth-order valence-electron chi connectivity index (χ4n) is 3.59. The summed E-state index contributed by atoms with van der Waals surface area (Å²) in [6.45, 7) is 3.11. The smallest absolute Gasteiger partial charge is 0.418 e. The van der Waals surface area contributed by atoms with Crippen molar-refractivity contribution < 1.29 is 23.1 Å². The SMILES string of the molecule is Cc1cc(C(=O)O)c(C)n1-c1ccc(-c2cc3ccccc3s2)cc1C(F)(F)F. The predicted octanol–water partition coefficient (Wildman–Crippen LogP) is 6.69. The Morgan fingerprint density at radius 1 is 1.03 bits per heavy atom. The third-order valence-corrected chi connectivity index (χ3v) is 6.08. The first-order chi connectivity index (χ1) is 13.7. The van der Waals surface area contributed by atoms with Crippen LogP contribution in [0.4, 0.5) is 13.2 Å². The summed E-state index contributed by atoms with van der Waals surface area (Å²) in [5.74, 6) is -1.17. The first-order valence-electron chi connectivity index (χ1n) is 8.79. The van der Waals surface area contributed by atoms with Crippen LogP contribution >= 0.6 is 11.3 Å². The number of carbonyl (C=O) groups is 1. The van der Waals surface area contributed by atoms with Crippen LogP contribution in [0, 0.1) is 13.8 Å². The average Bonchev–Trinajstić information content (AvgIpc) is 3.21. The zero-order valence-corrected chi connectivity index (χ0v) is 16.4. The quantitative estimate of drug-likeness (QED) is 0.405. The number of fused-ring (bicyclic) bond motifs is 1. The van der Waals surface area contributed by atoms with Gasteiger partial charge in [-0.3, -0.25) is 0 Å². The maximum atomic E-state index is 13.9. The minimum atomic E-state index is -4.59. The number of alkyl halides is 3. The van der Waals surface area contributed by atoms with Crippen molar-refractivity contribution in [3.8, 4) is 16.1 Å². The summed E-state index contributed by atoms with van der Waals surface area (Å²) in [4.78, 5) is 12.1. The average molecular weight is 415 g/mol. The van der Waals surface area contributed by atoms with E-state index in [1.807, 2.05) is 30.3 Å². The number of carboxylic acids is 1. The number of aromatic carboxylic acids is 1. The van der Waals surface area contributed by atoms with E-state index in [0.717, 1.165) is 21.0 Å². The summed E-state index contributed by atoms with van der Waals surface area (Å²) in [5, 5.41) is 10.3. The molecule has 29 heavy (non-hydrogen) atoms. The highest BCUT2D eigenvalue weighted by Crippen LogP contribution is 2.40. The van der Waals surface area contributed by atoms with Crippen LogP contribution in [0.3, 0.4) is 0 Å². The second-order valence-electron chi connectivity index (χ2n) is 6.80. The monoisotopic (exact) mass is 415 g/mol. The molecule has 0 saturated heterocycles. The van der Waals surface area contributed by atoms with E-state index in [1.54, 1.807) is 13.0 Å². The van der Waals surface area contributed by atoms with Gasteiger partial charge in [-0.25, -0.2) is 4.79 Å². The van der Waals surface area contributed by atoms with Gasteiger partial charge in [-0.15, -0.1) is 11.3 Å². The lowest BCUT2D eigenvalue weighted by molar-refractivity contribution is -0.137. The van der Waals surface area contributed by atoms with E-state index < -0.39 is 17.7 Å². The molecule has 2 aromatic carbocycles. The minimum Gasteiger partial charge on any atom is -0.478 e. The van der Waals surface area contributed by atoms with Gasteiger partial charge in [-0.1, -0.05) is 24.3 Å². The van der Waals surface area contributed by atoms with Gasteiger partial charge in [0.15, 0.2) is 0 Å². The van der Waals surface area contributed by atoms with Gasteiger partial charge < -0.3 is 9.67 Å². The number of benzene rings is 2. The molecule has 0 bridgehead atoms. The summed E-state index contributed by atoms with van der Waals surface area (Å²) < 4.78 is 44.2. The Morgan fingerprint density at radius 3 is 2.38 bits per heavy atom. The summed E-state index contributed by atoms with van der Waals surface area (Å²) in [5.41, 5.74) is 0.276. The van der Waals surface area contributed by atoms with Gasteiger partial charge in [0.25, 0.3) is 0 Å². The highest BCUT2D eigenvalue weighted by atomic mass is 32.1. The number of carboxylic acid groups (broad SMARTS) is 1. The normalized spacial score (nSPS) is 11.9. The Bertz CT molecular complexity index is 1220. The van der Waals surface area contributed by atoms with Crippen LogP contribution in [0.15, 0.2) is 54.6 Å². The maximum Gasteiger partial charge on any atom is 0.418 e. The van der Waals surface area contributed by atoms with Crippen LogP contribution in [0.1, 0.15) is 27.3 Å². The van der Waals surface area contributed by atoms with E-state index in [-0.39, 0.29) is 16.9 Å². The van der Waals surface area contributed by atoms with Crippen molar-refractivity contribution in [2.24, 2.45) is 0 Å². The second-order valence-corrected chi connectivity index (χ2v) is 7.89. The molecular weight excluding hydrogens is 399 g/mol. The molecule has 1 N–H and O–H groups in total. The van der Waals surface area contributed by atoms with Gasteiger partial charge in [0, 0.05) is 21.0 Å². The van der Waals surface area contributed by atoms with Crippen LogP contribution in [0.2, 0.25) is 0 Å². The number of aryl methyl sites for hydroxylation is 1. The van der Waals surface area contributed by atoms with Crippen molar-refractivity contribution in [3.63, 3.8) is 0 Å². The number of thiophene rings is 1. The fourth-order valence-corrected chi connectivity index (χ4v) is 4.64. The van der Waals surface area contributed by atoms with Gasteiger partial charge >= 0.3 is 12.1 Å². The van der Waals surface area contributed by atoms with Crippen LogP contribution < -0.4 is 0 Å². The van der Waals surface area contributed by atoms with Gasteiger partial charge in [-0.05, 0) is 55.1 Å². The lowest BCUT2D eigenvalue weighted by atomic mass is 10.1. The highest BCUT2D eigenvalue weighted by molar-refractivity contribution is 7.22. The first-order valence-corrected chi connectivity index (χ1v) is 9.61. The Morgan fingerprint density at radius 2 is 1.76 bits per heavy atom. The second kappa shape index (κ2) is 6.77. The number of rotatable bonds is 3. The third kappa shape index (κ3) is 3.31. The van der Waals surface area contributed by atoms with E-state index in [0.29, 0.717) is 11.3 Å². The molecule has 148 valence electrons.